The Balaban J connectivity index is 1.97. The second-order valence-corrected chi connectivity index (χ2v) is 5.05. The van der Waals surface area contributed by atoms with Crippen LogP contribution >= 0.6 is 0 Å². The maximum Gasteiger partial charge on any atom is 0.416 e. The van der Waals surface area contributed by atoms with Crippen LogP contribution in [0, 0.1) is 0 Å². The van der Waals surface area contributed by atoms with Crippen molar-refractivity contribution in [2.24, 2.45) is 0 Å². The minimum Gasteiger partial charge on any atom is -0.394 e. The molecule has 0 spiro atoms. The average Bonchev–Trinajstić information content (AvgIpc) is 2.53. The van der Waals surface area contributed by atoms with Gasteiger partial charge in [-0.05, 0) is 36.4 Å². The highest BCUT2D eigenvalue weighted by Gasteiger charge is 2.31. The Labute approximate surface area is 125 Å². The van der Waals surface area contributed by atoms with Gasteiger partial charge in [-0.25, -0.2) is 4.98 Å². The Kier molecular flexibility index (Phi) is 3.66. The fraction of sp³-hybridized carbons (Fsp3) is 0.267. The zero-order valence-electron chi connectivity index (χ0n) is 11.5. The van der Waals surface area contributed by atoms with Crippen LogP contribution in [0.3, 0.4) is 0 Å². The van der Waals surface area contributed by atoms with Crippen molar-refractivity contribution in [2.45, 2.75) is 12.2 Å². The topological polar surface area (TPSA) is 48.4 Å². The zero-order valence-corrected chi connectivity index (χ0v) is 11.5. The third kappa shape index (κ3) is 2.71. The smallest absolute Gasteiger partial charge is 0.394 e. The molecule has 22 heavy (non-hydrogen) atoms. The van der Waals surface area contributed by atoms with Gasteiger partial charge in [0.25, 0.3) is 0 Å². The van der Waals surface area contributed by atoms with E-state index in [1.807, 2.05) is 11.0 Å². The van der Waals surface area contributed by atoms with Crippen molar-refractivity contribution < 1.29 is 18.3 Å². The van der Waals surface area contributed by atoms with Crippen molar-refractivity contribution in [1.29, 1.82) is 0 Å². The Morgan fingerprint density at radius 1 is 1.23 bits per heavy atom. The van der Waals surface area contributed by atoms with Crippen molar-refractivity contribution >= 4 is 17.2 Å². The number of nitrogens with zero attached hydrogens (tertiary/aromatic N) is 2. The first-order valence-corrected chi connectivity index (χ1v) is 6.76. The summed E-state index contributed by atoms with van der Waals surface area (Å²) in [5.41, 5.74) is 0.714. The van der Waals surface area contributed by atoms with Crippen molar-refractivity contribution in [3.05, 3.63) is 48.2 Å². The van der Waals surface area contributed by atoms with Crippen LogP contribution < -0.4 is 10.2 Å². The number of aliphatic hydroxyl groups is 1. The molecule has 2 N–H and O–H groups in total. The molecule has 0 saturated heterocycles. The monoisotopic (exact) mass is 309 g/mol. The number of aromatic nitrogens is 1. The molecule has 1 aromatic heterocycles. The zero-order chi connectivity index (χ0) is 15.7. The predicted octanol–water partition coefficient (Wildman–Crippen LogP) is 3.02. The third-order valence-corrected chi connectivity index (χ3v) is 3.55. The third-order valence-electron chi connectivity index (χ3n) is 3.55. The van der Waals surface area contributed by atoms with Crippen LogP contribution in [-0.4, -0.2) is 29.3 Å². The maximum absolute atomic E-state index is 12.7. The summed E-state index contributed by atoms with van der Waals surface area (Å²) in [4.78, 5) is 6.05. The number of aliphatic hydroxyl groups excluding tert-OH is 1. The van der Waals surface area contributed by atoms with Gasteiger partial charge in [0, 0.05) is 18.4 Å². The molecule has 116 valence electrons. The van der Waals surface area contributed by atoms with Gasteiger partial charge in [0.05, 0.1) is 23.9 Å². The van der Waals surface area contributed by atoms with Crippen molar-refractivity contribution in [2.75, 3.05) is 23.4 Å². The first-order chi connectivity index (χ1) is 10.5. The fourth-order valence-corrected chi connectivity index (χ4v) is 2.46. The van der Waals surface area contributed by atoms with Crippen molar-refractivity contribution in [3.63, 3.8) is 0 Å². The molecule has 0 bridgehead atoms. The summed E-state index contributed by atoms with van der Waals surface area (Å²) in [5.74, 6) is 0.604. The Morgan fingerprint density at radius 2 is 1.95 bits per heavy atom. The minimum atomic E-state index is -4.35. The summed E-state index contributed by atoms with van der Waals surface area (Å²) >= 11 is 0. The summed E-state index contributed by atoms with van der Waals surface area (Å²) in [7, 11) is 0. The van der Waals surface area contributed by atoms with Crippen molar-refractivity contribution in [3.8, 4) is 0 Å². The van der Waals surface area contributed by atoms with E-state index < -0.39 is 11.7 Å². The molecular weight excluding hydrogens is 295 g/mol. The maximum atomic E-state index is 12.7. The first kappa shape index (κ1) is 14.6. The number of fused-ring (bicyclic) bond motifs is 1. The number of anilines is 3. The highest BCUT2D eigenvalue weighted by molar-refractivity contribution is 5.76. The molecule has 2 aromatic rings. The van der Waals surface area contributed by atoms with Crippen molar-refractivity contribution in [1.82, 2.24) is 4.98 Å². The minimum absolute atomic E-state index is 0.0901. The molecule has 1 aromatic carbocycles. The van der Waals surface area contributed by atoms with Crippen LogP contribution in [0.1, 0.15) is 5.56 Å². The van der Waals surface area contributed by atoms with Crippen LogP contribution in [0.25, 0.3) is 0 Å². The van der Waals surface area contributed by atoms with E-state index in [9.17, 15) is 18.3 Å². The van der Waals surface area contributed by atoms with E-state index in [1.165, 1.54) is 12.1 Å². The molecule has 4 nitrogen and oxygen atoms in total. The molecule has 1 aliphatic rings. The quantitative estimate of drug-likeness (QED) is 0.895. The Morgan fingerprint density at radius 3 is 2.59 bits per heavy atom. The standard InChI is InChI=1S/C15H14F3N3O/c16-15(17,18)10-3-5-12(6-4-10)21-8-11(9-22)20-14-13(21)2-1-7-19-14/h1-7,11,22H,8-9H2,(H,19,20). The van der Waals surface area contributed by atoms with Gasteiger partial charge < -0.3 is 15.3 Å². The number of hydrogen-bond donors (Lipinski definition) is 2. The lowest BCUT2D eigenvalue weighted by Crippen LogP contribution is -2.41. The average molecular weight is 309 g/mol. The summed E-state index contributed by atoms with van der Waals surface area (Å²) in [6.07, 6.45) is -2.73. The van der Waals surface area contributed by atoms with Gasteiger partial charge in [-0.3, -0.25) is 0 Å². The van der Waals surface area contributed by atoms with E-state index in [4.69, 9.17) is 0 Å². The molecule has 2 heterocycles. The molecule has 1 unspecified atom stereocenters. The van der Waals surface area contributed by atoms with E-state index in [-0.39, 0.29) is 12.6 Å². The lowest BCUT2D eigenvalue weighted by Gasteiger charge is -2.35. The highest BCUT2D eigenvalue weighted by Crippen LogP contribution is 2.36. The molecule has 1 atom stereocenters. The number of hydrogen-bond acceptors (Lipinski definition) is 4. The Hall–Kier alpha value is -2.28. The lowest BCUT2D eigenvalue weighted by molar-refractivity contribution is -0.137. The van der Waals surface area contributed by atoms with Crippen LogP contribution in [0.2, 0.25) is 0 Å². The molecule has 1 aliphatic heterocycles. The fourth-order valence-electron chi connectivity index (χ4n) is 2.46. The lowest BCUT2D eigenvalue weighted by atomic mass is 10.1. The molecular formula is C15H14F3N3O. The van der Waals surface area contributed by atoms with Crippen LogP contribution in [0.15, 0.2) is 42.6 Å². The van der Waals surface area contributed by atoms with Gasteiger partial charge >= 0.3 is 6.18 Å². The van der Waals surface area contributed by atoms with Crippen LogP contribution in [-0.2, 0) is 6.18 Å². The molecule has 7 heteroatoms. The Bertz CT molecular complexity index is 658. The van der Waals surface area contributed by atoms with Crippen LogP contribution in [0.4, 0.5) is 30.4 Å². The molecule has 0 saturated carbocycles. The molecule has 0 amide bonds. The number of pyridine rings is 1. The number of alkyl halides is 3. The highest BCUT2D eigenvalue weighted by atomic mass is 19.4. The van der Waals surface area contributed by atoms with E-state index in [2.05, 4.69) is 10.3 Å². The SMILES string of the molecule is OCC1CN(c2ccc(C(F)(F)F)cc2)c2cccnc2N1. The normalized spacial score (nSPS) is 17.8. The number of halogens is 3. The summed E-state index contributed by atoms with van der Waals surface area (Å²) in [5, 5.41) is 12.5. The van der Waals surface area contributed by atoms with Gasteiger partial charge in [-0.1, -0.05) is 0 Å². The van der Waals surface area contributed by atoms with E-state index in [1.54, 1.807) is 12.3 Å². The van der Waals surface area contributed by atoms with Gasteiger partial charge in [-0.2, -0.15) is 13.2 Å². The summed E-state index contributed by atoms with van der Waals surface area (Å²) < 4.78 is 38.0. The molecule has 0 radical (unpaired) electrons. The molecule has 0 aliphatic carbocycles. The van der Waals surface area contributed by atoms with Gasteiger partial charge in [-0.15, -0.1) is 0 Å². The number of rotatable bonds is 2. The van der Waals surface area contributed by atoms with E-state index in [0.717, 1.165) is 17.8 Å². The second kappa shape index (κ2) is 5.49. The first-order valence-electron chi connectivity index (χ1n) is 6.76. The second-order valence-electron chi connectivity index (χ2n) is 5.05. The summed E-state index contributed by atoms with van der Waals surface area (Å²) in [6, 6.07) is 8.34. The number of benzene rings is 1. The van der Waals surface area contributed by atoms with Gasteiger partial charge in [0.1, 0.15) is 5.82 Å². The number of nitrogens with one attached hydrogen (secondary N) is 1. The van der Waals surface area contributed by atoms with Gasteiger partial charge in [0.2, 0.25) is 0 Å². The van der Waals surface area contributed by atoms with Crippen LogP contribution in [0.5, 0.6) is 0 Å². The molecule has 3 rings (SSSR count). The van der Waals surface area contributed by atoms with E-state index in [0.29, 0.717) is 18.1 Å². The summed E-state index contributed by atoms with van der Waals surface area (Å²) in [6.45, 7) is 0.355. The van der Waals surface area contributed by atoms with E-state index >= 15 is 0 Å². The molecule has 0 fully saturated rings. The largest absolute Gasteiger partial charge is 0.416 e. The van der Waals surface area contributed by atoms with Gasteiger partial charge in [0.15, 0.2) is 0 Å². The predicted molar refractivity (Wildman–Crippen MR) is 77.2 cm³/mol.